The smallest absolute Gasteiger partial charge is 0.384 e. The van der Waals surface area contributed by atoms with Crippen molar-refractivity contribution in [1.82, 2.24) is 9.78 Å². The summed E-state index contributed by atoms with van der Waals surface area (Å²) in [6.07, 6.45) is -4.72. The third-order valence-electron chi connectivity index (χ3n) is 4.24. The molecule has 25 heavy (non-hydrogen) atoms. The van der Waals surface area contributed by atoms with Gasteiger partial charge in [-0.1, -0.05) is 6.07 Å². The highest BCUT2D eigenvalue weighted by molar-refractivity contribution is 6.23. The highest BCUT2D eigenvalue weighted by Crippen LogP contribution is 2.38. The van der Waals surface area contributed by atoms with Gasteiger partial charge in [0.25, 0.3) is 0 Å². The fourth-order valence-electron chi connectivity index (χ4n) is 3.07. The summed E-state index contributed by atoms with van der Waals surface area (Å²) in [5.41, 5.74) is 5.85. The second kappa shape index (κ2) is 5.61. The van der Waals surface area contributed by atoms with E-state index in [9.17, 15) is 22.8 Å². The average molecular weight is 352 g/mol. The molecule has 0 aliphatic carbocycles. The molecule has 6 nitrogen and oxygen atoms in total. The maximum absolute atomic E-state index is 12.9. The second-order valence-corrected chi connectivity index (χ2v) is 5.88. The molecule has 1 aliphatic rings. The first-order valence-corrected chi connectivity index (χ1v) is 7.44. The Balaban J connectivity index is 2.00. The molecule has 0 spiro atoms. The number of aryl methyl sites for hydroxylation is 2. The lowest BCUT2D eigenvalue weighted by atomic mass is 9.97. The van der Waals surface area contributed by atoms with E-state index >= 15 is 0 Å². The summed E-state index contributed by atoms with van der Waals surface area (Å²) < 4.78 is 40.0. The number of nitrogens with two attached hydrogens (primary N) is 1. The van der Waals surface area contributed by atoms with Crippen LogP contribution in [0.3, 0.4) is 0 Å². The Morgan fingerprint density at radius 2 is 1.96 bits per heavy atom. The fraction of sp³-hybridized carbons (Fsp3) is 0.312. The lowest BCUT2D eigenvalue weighted by Crippen LogP contribution is -2.30. The summed E-state index contributed by atoms with van der Waals surface area (Å²) in [5.74, 6) is -1.77. The van der Waals surface area contributed by atoms with Crippen molar-refractivity contribution in [2.75, 3.05) is 10.6 Å². The predicted molar refractivity (Wildman–Crippen MR) is 83.7 cm³/mol. The Kier molecular flexibility index (Phi) is 3.81. The Bertz CT molecular complexity index is 873. The number of amides is 2. The molecule has 132 valence electrons. The Labute approximate surface area is 141 Å². The Morgan fingerprint density at radius 3 is 2.52 bits per heavy atom. The molecule has 0 unspecified atom stereocenters. The number of aromatic nitrogens is 2. The summed E-state index contributed by atoms with van der Waals surface area (Å²) in [4.78, 5) is 25.8. The number of anilines is 2. The zero-order valence-corrected chi connectivity index (χ0v) is 13.5. The van der Waals surface area contributed by atoms with E-state index in [4.69, 9.17) is 5.73 Å². The Morgan fingerprint density at radius 1 is 1.28 bits per heavy atom. The van der Waals surface area contributed by atoms with Gasteiger partial charge < -0.3 is 5.73 Å². The molecule has 1 saturated heterocycles. The van der Waals surface area contributed by atoms with E-state index in [0.29, 0.717) is 11.3 Å². The van der Waals surface area contributed by atoms with Crippen molar-refractivity contribution in [3.8, 4) is 0 Å². The molecule has 1 aromatic heterocycles. The van der Waals surface area contributed by atoms with Gasteiger partial charge in [0.1, 0.15) is 5.82 Å². The zero-order chi connectivity index (χ0) is 18.5. The first kappa shape index (κ1) is 17.0. The number of benzene rings is 1. The van der Waals surface area contributed by atoms with Crippen molar-refractivity contribution >= 4 is 23.3 Å². The van der Waals surface area contributed by atoms with E-state index in [-0.39, 0.29) is 17.9 Å². The standard InChI is InChI=1S/C16H15F3N4O2/c1-8-13(14(20)22(2)21-8)11-7-12(24)23(15(11)25)10-5-3-4-9(6-10)16(17,18)19/h3-6,11H,7,20H2,1-2H3/t11-/m0/s1. The monoisotopic (exact) mass is 352 g/mol. The van der Waals surface area contributed by atoms with Gasteiger partial charge in [-0.3, -0.25) is 14.3 Å². The number of halogens is 3. The van der Waals surface area contributed by atoms with Crippen molar-refractivity contribution < 1.29 is 22.8 Å². The normalized spacial score (nSPS) is 18.3. The lowest BCUT2D eigenvalue weighted by molar-refractivity contribution is -0.137. The van der Waals surface area contributed by atoms with Crippen LogP contribution < -0.4 is 10.6 Å². The number of hydrogen-bond acceptors (Lipinski definition) is 4. The van der Waals surface area contributed by atoms with Gasteiger partial charge in [0.2, 0.25) is 11.8 Å². The molecule has 0 radical (unpaired) electrons. The van der Waals surface area contributed by atoms with Crippen LogP contribution in [0.1, 0.15) is 29.2 Å². The van der Waals surface area contributed by atoms with Gasteiger partial charge in [-0.2, -0.15) is 18.3 Å². The minimum absolute atomic E-state index is 0.104. The molecule has 2 aromatic rings. The van der Waals surface area contributed by atoms with Gasteiger partial charge in [-0.25, -0.2) is 4.90 Å². The molecule has 1 aromatic carbocycles. The third kappa shape index (κ3) is 2.75. The minimum atomic E-state index is -4.56. The van der Waals surface area contributed by atoms with Crippen LogP contribution >= 0.6 is 0 Å². The minimum Gasteiger partial charge on any atom is -0.384 e. The Hall–Kier alpha value is -2.84. The summed E-state index contributed by atoms with van der Waals surface area (Å²) in [7, 11) is 1.61. The average Bonchev–Trinajstić information content (AvgIpc) is 2.94. The highest BCUT2D eigenvalue weighted by atomic mass is 19.4. The number of rotatable bonds is 2. The molecule has 0 bridgehead atoms. The molecule has 1 atom stereocenters. The molecule has 0 saturated carbocycles. The molecule has 1 aliphatic heterocycles. The fourth-order valence-corrected chi connectivity index (χ4v) is 3.07. The summed E-state index contributed by atoms with van der Waals surface area (Å²) >= 11 is 0. The molecule has 2 N–H and O–H groups in total. The van der Waals surface area contributed by atoms with E-state index in [1.54, 1.807) is 14.0 Å². The van der Waals surface area contributed by atoms with Gasteiger partial charge in [0, 0.05) is 19.0 Å². The van der Waals surface area contributed by atoms with Crippen molar-refractivity contribution in [2.45, 2.75) is 25.4 Å². The van der Waals surface area contributed by atoms with Crippen LogP contribution in [0.15, 0.2) is 24.3 Å². The topological polar surface area (TPSA) is 81.2 Å². The van der Waals surface area contributed by atoms with Crippen molar-refractivity contribution in [3.05, 3.63) is 41.1 Å². The van der Waals surface area contributed by atoms with Gasteiger partial charge >= 0.3 is 6.18 Å². The summed E-state index contributed by atoms with van der Waals surface area (Å²) in [5, 5.41) is 4.12. The maximum Gasteiger partial charge on any atom is 0.416 e. The summed E-state index contributed by atoms with van der Waals surface area (Å²) in [6.45, 7) is 1.66. The molecular weight excluding hydrogens is 337 g/mol. The molecule has 1 fully saturated rings. The van der Waals surface area contributed by atoms with Crippen LogP contribution in [0.5, 0.6) is 0 Å². The first-order valence-electron chi connectivity index (χ1n) is 7.44. The number of imide groups is 1. The van der Waals surface area contributed by atoms with Crippen LogP contribution in [-0.4, -0.2) is 21.6 Å². The van der Waals surface area contributed by atoms with Gasteiger partial charge in [-0.15, -0.1) is 0 Å². The number of nitrogens with zero attached hydrogens (tertiary/aromatic N) is 3. The maximum atomic E-state index is 12.9. The number of carbonyl (C=O) groups is 2. The van der Waals surface area contributed by atoms with Crippen LogP contribution in [0.2, 0.25) is 0 Å². The predicted octanol–water partition coefficient (Wildman–Crippen LogP) is 2.38. The van der Waals surface area contributed by atoms with Crippen LogP contribution in [-0.2, 0) is 22.8 Å². The van der Waals surface area contributed by atoms with Gasteiger partial charge in [0.15, 0.2) is 0 Å². The van der Waals surface area contributed by atoms with Crippen LogP contribution in [0.4, 0.5) is 24.7 Å². The van der Waals surface area contributed by atoms with Gasteiger partial charge in [0.05, 0.1) is 22.9 Å². The number of hydrogen-bond donors (Lipinski definition) is 1. The molecule has 3 rings (SSSR count). The third-order valence-corrected chi connectivity index (χ3v) is 4.24. The molecule has 2 heterocycles. The number of nitrogen functional groups attached to an aromatic ring is 1. The quantitative estimate of drug-likeness (QED) is 0.842. The first-order chi connectivity index (χ1) is 11.6. The van der Waals surface area contributed by atoms with E-state index in [0.717, 1.165) is 23.1 Å². The SMILES string of the molecule is Cc1nn(C)c(N)c1[C@@H]1CC(=O)N(c2cccc(C(F)(F)F)c2)C1=O. The second-order valence-electron chi connectivity index (χ2n) is 5.88. The molecule has 9 heteroatoms. The van der Waals surface area contributed by atoms with Crippen molar-refractivity contribution in [3.63, 3.8) is 0 Å². The number of carbonyl (C=O) groups excluding carboxylic acids is 2. The van der Waals surface area contributed by atoms with Crippen molar-refractivity contribution in [1.29, 1.82) is 0 Å². The molecular formula is C16H15F3N4O2. The van der Waals surface area contributed by atoms with Crippen LogP contribution in [0.25, 0.3) is 0 Å². The van der Waals surface area contributed by atoms with E-state index < -0.39 is 29.5 Å². The lowest BCUT2D eigenvalue weighted by Gasteiger charge is -2.17. The van der Waals surface area contributed by atoms with E-state index in [1.165, 1.54) is 10.7 Å². The van der Waals surface area contributed by atoms with E-state index in [1.807, 2.05) is 0 Å². The zero-order valence-electron chi connectivity index (χ0n) is 13.5. The van der Waals surface area contributed by atoms with Crippen LogP contribution in [0, 0.1) is 6.92 Å². The van der Waals surface area contributed by atoms with Gasteiger partial charge in [-0.05, 0) is 25.1 Å². The number of alkyl halides is 3. The highest BCUT2D eigenvalue weighted by Gasteiger charge is 2.43. The van der Waals surface area contributed by atoms with E-state index in [2.05, 4.69) is 5.10 Å². The largest absolute Gasteiger partial charge is 0.416 e. The summed E-state index contributed by atoms with van der Waals surface area (Å²) in [6, 6.07) is 4.13. The van der Waals surface area contributed by atoms with Crippen molar-refractivity contribution in [2.24, 2.45) is 7.05 Å². The molecule has 2 amide bonds.